The van der Waals surface area contributed by atoms with Crippen LogP contribution in [0, 0.1) is 5.92 Å². The number of benzene rings is 2. The van der Waals surface area contributed by atoms with Crippen molar-refractivity contribution in [3.63, 3.8) is 0 Å². The van der Waals surface area contributed by atoms with Crippen LogP contribution in [0.25, 0.3) is 10.8 Å². The van der Waals surface area contributed by atoms with E-state index in [1.165, 1.54) is 0 Å². The van der Waals surface area contributed by atoms with Gasteiger partial charge in [-0.15, -0.1) is 0 Å². The molecule has 2 aromatic carbocycles. The van der Waals surface area contributed by atoms with E-state index in [0.29, 0.717) is 28.2 Å². The zero-order valence-electron chi connectivity index (χ0n) is 15.9. The van der Waals surface area contributed by atoms with Gasteiger partial charge in [-0.05, 0) is 39.0 Å². The van der Waals surface area contributed by atoms with Crippen LogP contribution < -0.4 is 9.47 Å². The number of hydrogen-bond donors (Lipinski definition) is 0. The van der Waals surface area contributed by atoms with Crippen LogP contribution in [-0.2, 0) is 22.3 Å². The topological polar surface area (TPSA) is 71.1 Å². The molecule has 0 amide bonds. The molecule has 0 bridgehead atoms. The van der Waals surface area contributed by atoms with Crippen molar-refractivity contribution < 1.29 is 28.5 Å². The maximum Gasteiger partial charge on any atom is 0.513 e. The number of carbonyl (C=O) groups excluding carboxylic acids is 2. The molecule has 1 aliphatic rings. The molecule has 0 heterocycles. The average Bonchev–Trinajstić information content (AvgIpc) is 2.64. The second kappa shape index (κ2) is 8.29. The Morgan fingerprint density at radius 1 is 0.926 bits per heavy atom. The molecule has 6 heteroatoms. The molecule has 0 fully saturated rings. The van der Waals surface area contributed by atoms with Crippen LogP contribution in [0.15, 0.2) is 24.3 Å². The summed E-state index contributed by atoms with van der Waals surface area (Å²) in [5.74, 6) is 1.41. The fourth-order valence-corrected chi connectivity index (χ4v) is 3.49. The molecule has 0 aromatic heterocycles. The first kappa shape index (κ1) is 19.0. The summed E-state index contributed by atoms with van der Waals surface area (Å²) in [6, 6.07) is 7.40. The molecule has 0 radical (unpaired) electrons. The van der Waals surface area contributed by atoms with Gasteiger partial charge in [0.1, 0.15) is 11.5 Å². The van der Waals surface area contributed by atoms with E-state index < -0.39 is 12.3 Å². The lowest BCUT2D eigenvalue weighted by Crippen LogP contribution is -2.19. The molecule has 144 valence electrons. The average molecular weight is 372 g/mol. The summed E-state index contributed by atoms with van der Waals surface area (Å²) in [5.41, 5.74) is 1.78. The normalized spacial score (nSPS) is 15.7. The van der Waals surface area contributed by atoms with Crippen molar-refractivity contribution in [2.45, 2.75) is 40.0 Å². The minimum atomic E-state index is -0.734. The molecule has 0 aliphatic heterocycles. The van der Waals surface area contributed by atoms with Gasteiger partial charge in [0.25, 0.3) is 0 Å². The van der Waals surface area contributed by atoms with E-state index in [1.807, 2.05) is 24.3 Å². The highest BCUT2D eigenvalue weighted by Crippen LogP contribution is 2.45. The molecule has 1 atom stereocenters. The van der Waals surface area contributed by atoms with Crippen molar-refractivity contribution in [2.24, 2.45) is 5.92 Å². The Balaban J connectivity index is 2.18. The number of fused-ring (bicyclic) bond motifs is 2. The van der Waals surface area contributed by atoms with E-state index in [-0.39, 0.29) is 13.2 Å². The zero-order valence-corrected chi connectivity index (χ0v) is 15.9. The van der Waals surface area contributed by atoms with E-state index in [9.17, 15) is 9.59 Å². The van der Waals surface area contributed by atoms with Crippen LogP contribution in [0.5, 0.6) is 11.5 Å². The third-order valence-electron chi connectivity index (χ3n) is 4.66. The molecule has 6 nitrogen and oxygen atoms in total. The number of ether oxygens (including phenoxy) is 4. The van der Waals surface area contributed by atoms with Crippen LogP contribution in [0.1, 0.15) is 38.3 Å². The SMILES string of the molecule is CCOC(=O)Oc1c2c(c(OC(=O)OCC)c3ccccc13)CC(C)CC2. The maximum absolute atomic E-state index is 12.0. The van der Waals surface area contributed by atoms with Gasteiger partial charge in [0.2, 0.25) is 0 Å². The van der Waals surface area contributed by atoms with Crippen LogP contribution in [0.2, 0.25) is 0 Å². The fraction of sp³-hybridized carbons (Fsp3) is 0.429. The van der Waals surface area contributed by atoms with Crippen molar-refractivity contribution in [2.75, 3.05) is 13.2 Å². The molecule has 0 saturated heterocycles. The second-order valence-corrected chi connectivity index (χ2v) is 6.58. The van der Waals surface area contributed by atoms with Gasteiger partial charge in [0, 0.05) is 21.9 Å². The molecule has 1 unspecified atom stereocenters. The van der Waals surface area contributed by atoms with E-state index in [0.717, 1.165) is 30.4 Å². The lowest BCUT2D eigenvalue weighted by atomic mass is 9.82. The van der Waals surface area contributed by atoms with E-state index in [4.69, 9.17) is 18.9 Å². The molecule has 0 saturated carbocycles. The molecule has 3 rings (SSSR count). The minimum absolute atomic E-state index is 0.236. The van der Waals surface area contributed by atoms with Gasteiger partial charge in [-0.1, -0.05) is 31.2 Å². The Morgan fingerprint density at radius 3 is 1.96 bits per heavy atom. The third-order valence-corrected chi connectivity index (χ3v) is 4.66. The predicted octanol–water partition coefficient (Wildman–Crippen LogP) is 5.04. The monoisotopic (exact) mass is 372 g/mol. The van der Waals surface area contributed by atoms with Gasteiger partial charge >= 0.3 is 12.3 Å². The summed E-state index contributed by atoms with van der Waals surface area (Å²) < 4.78 is 21.1. The molecular formula is C21H24O6. The van der Waals surface area contributed by atoms with Crippen molar-refractivity contribution in [3.05, 3.63) is 35.4 Å². The Labute approximate surface area is 158 Å². The van der Waals surface area contributed by atoms with Crippen LogP contribution in [0.4, 0.5) is 9.59 Å². The molecular weight excluding hydrogens is 348 g/mol. The molecule has 1 aliphatic carbocycles. The highest BCUT2D eigenvalue weighted by atomic mass is 16.7. The quantitative estimate of drug-likeness (QED) is 0.553. The first-order valence-electron chi connectivity index (χ1n) is 9.30. The third kappa shape index (κ3) is 3.99. The van der Waals surface area contributed by atoms with Gasteiger partial charge in [-0.25, -0.2) is 9.59 Å². The van der Waals surface area contributed by atoms with Gasteiger partial charge in [-0.2, -0.15) is 0 Å². The first-order chi connectivity index (χ1) is 13.0. The van der Waals surface area contributed by atoms with Crippen LogP contribution >= 0.6 is 0 Å². The summed E-state index contributed by atoms with van der Waals surface area (Å²) in [4.78, 5) is 24.0. The summed E-state index contributed by atoms with van der Waals surface area (Å²) in [6.07, 6.45) is 0.955. The van der Waals surface area contributed by atoms with E-state index in [2.05, 4.69) is 6.92 Å². The molecule has 0 N–H and O–H groups in total. The largest absolute Gasteiger partial charge is 0.513 e. The van der Waals surface area contributed by atoms with Crippen molar-refractivity contribution in [1.82, 2.24) is 0 Å². The number of hydrogen-bond acceptors (Lipinski definition) is 6. The van der Waals surface area contributed by atoms with Crippen molar-refractivity contribution in [1.29, 1.82) is 0 Å². The van der Waals surface area contributed by atoms with Crippen molar-refractivity contribution in [3.8, 4) is 11.5 Å². The van der Waals surface area contributed by atoms with E-state index in [1.54, 1.807) is 13.8 Å². The second-order valence-electron chi connectivity index (χ2n) is 6.58. The van der Waals surface area contributed by atoms with Gasteiger partial charge in [0.05, 0.1) is 13.2 Å². The Hall–Kier alpha value is -2.76. The highest BCUT2D eigenvalue weighted by molar-refractivity contribution is 5.98. The summed E-state index contributed by atoms with van der Waals surface area (Å²) in [7, 11) is 0. The minimum Gasteiger partial charge on any atom is -0.434 e. The van der Waals surface area contributed by atoms with E-state index >= 15 is 0 Å². The number of rotatable bonds is 4. The molecule has 0 spiro atoms. The Morgan fingerprint density at radius 2 is 1.44 bits per heavy atom. The Kier molecular flexibility index (Phi) is 5.84. The number of carbonyl (C=O) groups is 2. The summed E-state index contributed by atoms with van der Waals surface area (Å²) >= 11 is 0. The lowest BCUT2D eigenvalue weighted by Gasteiger charge is -2.27. The van der Waals surface area contributed by atoms with Crippen LogP contribution in [-0.4, -0.2) is 25.5 Å². The zero-order chi connectivity index (χ0) is 19.4. The van der Waals surface area contributed by atoms with Gasteiger partial charge in [0.15, 0.2) is 0 Å². The smallest absolute Gasteiger partial charge is 0.434 e. The van der Waals surface area contributed by atoms with Crippen LogP contribution in [0.3, 0.4) is 0 Å². The fourth-order valence-electron chi connectivity index (χ4n) is 3.49. The maximum atomic E-state index is 12.0. The summed E-state index contributed by atoms with van der Waals surface area (Å²) in [6.45, 7) is 6.08. The molecule has 27 heavy (non-hydrogen) atoms. The standard InChI is InChI=1S/C21H24O6/c1-4-24-20(22)26-18-14-8-6-7-9-15(14)19(27-21(23)25-5-2)17-12-13(3)10-11-16(17)18/h6-9,13H,4-5,10-12H2,1-3H3. The van der Waals surface area contributed by atoms with Crippen molar-refractivity contribution >= 4 is 23.1 Å². The predicted molar refractivity (Wildman–Crippen MR) is 100 cm³/mol. The highest BCUT2D eigenvalue weighted by Gasteiger charge is 2.29. The summed E-state index contributed by atoms with van der Waals surface area (Å²) in [5, 5.41) is 1.41. The molecule has 2 aromatic rings. The van der Waals surface area contributed by atoms with Gasteiger partial charge in [-0.3, -0.25) is 0 Å². The first-order valence-corrected chi connectivity index (χ1v) is 9.30. The lowest BCUT2D eigenvalue weighted by molar-refractivity contribution is 0.102. The van der Waals surface area contributed by atoms with Gasteiger partial charge < -0.3 is 18.9 Å². The Bertz CT molecular complexity index is 857.